The van der Waals surface area contributed by atoms with E-state index in [0.29, 0.717) is 11.6 Å². The molecule has 1 saturated heterocycles. The average molecular weight is 378 g/mol. The molecule has 3 rings (SSSR count). The van der Waals surface area contributed by atoms with E-state index in [0.717, 1.165) is 17.0 Å². The number of esters is 1. The molecule has 1 fully saturated rings. The predicted octanol–water partition coefficient (Wildman–Crippen LogP) is 2.27. The number of carbonyl (C=O) groups is 1. The molecule has 1 atom stereocenters. The van der Waals surface area contributed by atoms with E-state index in [4.69, 9.17) is 4.74 Å². The summed E-state index contributed by atoms with van der Waals surface area (Å²) in [5.74, 6) is -0.394. The lowest BCUT2D eigenvalue weighted by Gasteiger charge is -2.10. The number of rotatable bonds is 5. The summed E-state index contributed by atoms with van der Waals surface area (Å²) in [6, 6.07) is 11.6. The number of thioether (sulfide) groups is 1. The van der Waals surface area contributed by atoms with Crippen molar-refractivity contribution in [3.63, 3.8) is 0 Å². The van der Waals surface area contributed by atoms with Crippen LogP contribution < -0.4 is 0 Å². The van der Waals surface area contributed by atoms with Gasteiger partial charge in [-0.2, -0.15) is 0 Å². The second-order valence-corrected chi connectivity index (χ2v) is 9.02. The second kappa shape index (κ2) is 7.53. The molecule has 0 N–H and O–H groups in total. The molecular formula is C17H18N2O4S2. The Labute approximate surface area is 151 Å². The van der Waals surface area contributed by atoms with Crippen LogP contribution in [0, 0.1) is 6.92 Å². The molecular weight excluding hydrogens is 360 g/mol. The molecule has 25 heavy (non-hydrogen) atoms. The summed E-state index contributed by atoms with van der Waals surface area (Å²) in [4.78, 5) is 20.7. The molecule has 1 aromatic carbocycles. The fourth-order valence-corrected chi connectivity index (χ4v) is 4.84. The molecule has 132 valence electrons. The molecule has 1 aromatic heterocycles. The van der Waals surface area contributed by atoms with Crippen LogP contribution in [-0.2, 0) is 19.4 Å². The van der Waals surface area contributed by atoms with Crippen LogP contribution in [0.2, 0.25) is 0 Å². The molecule has 0 saturated carbocycles. The van der Waals surface area contributed by atoms with Crippen molar-refractivity contribution in [1.29, 1.82) is 0 Å². The third-order valence-corrected chi connectivity index (χ3v) is 6.27. The maximum absolute atomic E-state index is 11.9. The Hall–Kier alpha value is -1.93. The van der Waals surface area contributed by atoms with Crippen LogP contribution in [0.1, 0.15) is 12.1 Å². The zero-order chi connectivity index (χ0) is 17.9. The Balaban J connectivity index is 1.61. The van der Waals surface area contributed by atoms with Gasteiger partial charge in [0.25, 0.3) is 0 Å². The summed E-state index contributed by atoms with van der Waals surface area (Å²) in [6.07, 6.45) is -0.158. The van der Waals surface area contributed by atoms with Gasteiger partial charge in [-0.05, 0) is 19.4 Å². The normalized spacial score (nSPS) is 18.8. The lowest BCUT2D eigenvalue weighted by molar-refractivity contribution is -0.144. The number of sulfone groups is 1. The highest BCUT2D eigenvalue weighted by molar-refractivity contribution is 7.99. The quantitative estimate of drug-likeness (QED) is 0.448. The standard InChI is InChI=1S/C17H18N2O4S2/c1-12-9-15(13-5-3-2-4-6-13)19-17(18-12)24-10-16(20)23-14-7-8-25(21,22)11-14/h2-6,9,14H,7-8,10-11H2,1H3/t14-/m1/s1. The van der Waals surface area contributed by atoms with Gasteiger partial charge in [0.15, 0.2) is 15.0 Å². The summed E-state index contributed by atoms with van der Waals surface area (Å²) in [5, 5.41) is 0.495. The van der Waals surface area contributed by atoms with Gasteiger partial charge >= 0.3 is 5.97 Å². The van der Waals surface area contributed by atoms with Crippen LogP contribution in [-0.4, -0.2) is 47.7 Å². The van der Waals surface area contributed by atoms with E-state index in [1.807, 2.05) is 43.3 Å². The first-order valence-corrected chi connectivity index (χ1v) is 10.7. The number of carbonyl (C=O) groups excluding carboxylic acids is 1. The highest BCUT2D eigenvalue weighted by Gasteiger charge is 2.30. The van der Waals surface area contributed by atoms with Crippen LogP contribution in [0.4, 0.5) is 0 Å². The molecule has 0 aliphatic carbocycles. The highest BCUT2D eigenvalue weighted by atomic mass is 32.2. The molecule has 2 heterocycles. The Morgan fingerprint density at radius 2 is 2.04 bits per heavy atom. The third kappa shape index (κ3) is 5.02. The Morgan fingerprint density at radius 3 is 2.72 bits per heavy atom. The van der Waals surface area contributed by atoms with E-state index < -0.39 is 21.9 Å². The minimum Gasteiger partial charge on any atom is -0.461 e. The van der Waals surface area contributed by atoms with Crippen molar-refractivity contribution >= 4 is 27.6 Å². The molecule has 1 aliphatic heterocycles. The van der Waals surface area contributed by atoms with Gasteiger partial charge in [-0.25, -0.2) is 18.4 Å². The number of nitrogens with zero attached hydrogens (tertiary/aromatic N) is 2. The second-order valence-electron chi connectivity index (χ2n) is 5.85. The van der Waals surface area contributed by atoms with Crippen molar-refractivity contribution in [3.8, 4) is 11.3 Å². The van der Waals surface area contributed by atoms with E-state index in [1.54, 1.807) is 0 Å². The van der Waals surface area contributed by atoms with Gasteiger partial charge in [-0.1, -0.05) is 42.1 Å². The monoisotopic (exact) mass is 378 g/mol. The van der Waals surface area contributed by atoms with Gasteiger partial charge in [0.2, 0.25) is 0 Å². The topological polar surface area (TPSA) is 86.2 Å². The fraction of sp³-hybridized carbons (Fsp3) is 0.353. The maximum Gasteiger partial charge on any atom is 0.316 e. The van der Waals surface area contributed by atoms with E-state index >= 15 is 0 Å². The van der Waals surface area contributed by atoms with Crippen LogP contribution in [0.5, 0.6) is 0 Å². The molecule has 0 amide bonds. The van der Waals surface area contributed by atoms with Crippen molar-refractivity contribution in [2.24, 2.45) is 0 Å². The lowest BCUT2D eigenvalue weighted by Crippen LogP contribution is -2.20. The fourth-order valence-electron chi connectivity index (χ4n) is 2.56. The summed E-state index contributed by atoms with van der Waals surface area (Å²) < 4.78 is 28.0. The Bertz CT molecular complexity index is 869. The van der Waals surface area contributed by atoms with Crippen LogP contribution in [0.15, 0.2) is 41.6 Å². The first kappa shape index (κ1) is 17.9. The van der Waals surface area contributed by atoms with Crippen molar-refractivity contribution < 1.29 is 17.9 Å². The maximum atomic E-state index is 11.9. The summed E-state index contributed by atoms with van der Waals surface area (Å²) in [7, 11) is -3.06. The van der Waals surface area contributed by atoms with Gasteiger partial charge in [-0.3, -0.25) is 4.79 Å². The highest BCUT2D eigenvalue weighted by Crippen LogP contribution is 2.22. The SMILES string of the molecule is Cc1cc(-c2ccccc2)nc(SCC(=O)O[C@@H]2CCS(=O)(=O)C2)n1. The van der Waals surface area contributed by atoms with E-state index in [-0.39, 0.29) is 17.3 Å². The van der Waals surface area contributed by atoms with Gasteiger partial charge in [-0.15, -0.1) is 0 Å². The van der Waals surface area contributed by atoms with Crippen molar-refractivity contribution in [2.75, 3.05) is 17.3 Å². The average Bonchev–Trinajstić information content (AvgIpc) is 2.92. The molecule has 2 aromatic rings. The smallest absolute Gasteiger partial charge is 0.316 e. The van der Waals surface area contributed by atoms with E-state index in [2.05, 4.69) is 9.97 Å². The van der Waals surface area contributed by atoms with Gasteiger partial charge < -0.3 is 4.74 Å². The van der Waals surface area contributed by atoms with Crippen molar-refractivity contribution in [1.82, 2.24) is 9.97 Å². The van der Waals surface area contributed by atoms with Crippen LogP contribution in [0.3, 0.4) is 0 Å². The van der Waals surface area contributed by atoms with Gasteiger partial charge in [0.1, 0.15) is 6.10 Å². The molecule has 0 unspecified atom stereocenters. The molecule has 6 nitrogen and oxygen atoms in total. The van der Waals surface area contributed by atoms with Crippen molar-refractivity contribution in [2.45, 2.75) is 24.6 Å². The first-order chi connectivity index (χ1) is 11.9. The zero-order valence-electron chi connectivity index (χ0n) is 13.7. The molecule has 8 heteroatoms. The Morgan fingerprint density at radius 1 is 1.28 bits per heavy atom. The summed E-state index contributed by atoms with van der Waals surface area (Å²) in [6.45, 7) is 1.87. The lowest BCUT2D eigenvalue weighted by atomic mass is 10.1. The molecule has 0 spiro atoms. The third-order valence-electron chi connectivity index (χ3n) is 3.71. The zero-order valence-corrected chi connectivity index (χ0v) is 15.3. The number of hydrogen-bond acceptors (Lipinski definition) is 7. The van der Waals surface area contributed by atoms with Crippen molar-refractivity contribution in [3.05, 3.63) is 42.1 Å². The minimum absolute atomic E-state index is 0.0498. The van der Waals surface area contributed by atoms with Crippen LogP contribution in [0.25, 0.3) is 11.3 Å². The number of aryl methyl sites for hydroxylation is 1. The van der Waals surface area contributed by atoms with Gasteiger partial charge in [0.05, 0.1) is 23.0 Å². The number of aromatic nitrogens is 2. The largest absolute Gasteiger partial charge is 0.461 e. The van der Waals surface area contributed by atoms with Gasteiger partial charge in [0, 0.05) is 11.3 Å². The number of benzene rings is 1. The van der Waals surface area contributed by atoms with E-state index in [1.165, 1.54) is 11.8 Å². The van der Waals surface area contributed by atoms with Crippen LogP contribution >= 0.6 is 11.8 Å². The predicted molar refractivity (Wildman–Crippen MR) is 96.1 cm³/mol. The minimum atomic E-state index is -3.06. The van der Waals surface area contributed by atoms with E-state index in [9.17, 15) is 13.2 Å². The molecule has 0 radical (unpaired) electrons. The summed E-state index contributed by atoms with van der Waals surface area (Å²) >= 11 is 1.19. The summed E-state index contributed by atoms with van der Waals surface area (Å²) in [5.41, 5.74) is 2.59. The molecule has 1 aliphatic rings. The number of ether oxygens (including phenoxy) is 1. The first-order valence-electron chi connectivity index (χ1n) is 7.85. The number of hydrogen-bond donors (Lipinski definition) is 0. The Kier molecular flexibility index (Phi) is 5.39. The molecule has 0 bridgehead atoms.